The summed E-state index contributed by atoms with van der Waals surface area (Å²) < 4.78 is 7.12. The Morgan fingerprint density at radius 3 is 1.56 bits per heavy atom. The number of hydrogen-bond acceptors (Lipinski definition) is 2. The van der Waals surface area contributed by atoms with Gasteiger partial charge in [0.05, 0.1) is 0 Å². The molecule has 0 bridgehead atoms. The van der Waals surface area contributed by atoms with Gasteiger partial charge in [-0.3, -0.25) is 0 Å². The summed E-state index contributed by atoms with van der Waals surface area (Å²) in [7, 11) is -2.14. The van der Waals surface area contributed by atoms with Crippen LogP contribution in [0.3, 0.4) is 0 Å². The van der Waals surface area contributed by atoms with Crippen LogP contribution in [-0.2, 0) is 4.74 Å². The van der Waals surface area contributed by atoms with E-state index in [1.54, 1.807) is 3.11 Å². The molecular formula is C29H37INO2P. The molecule has 0 saturated carbocycles. The van der Waals surface area contributed by atoms with Crippen molar-refractivity contribution in [2.24, 2.45) is 0 Å². The zero-order valence-electron chi connectivity index (χ0n) is 20.5. The van der Waals surface area contributed by atoms with Crippen LogP contribution in [0.4, 0.5) is 4.79 Å². The number of amides is 1. The summed E-state index contributed by atoms with van der Waals surface area (Å²) in [5.74, 6) is 0. The molecule has 0 fully saturated rings. The molecule has 34 heavy (non-hydrogen) atoms. The Labute approximate surface area is 219 Å². The van der Waals surface area contributed by atoms with Crippen LogP contribution in [0.2, 0.25) is 0 Å². The van der Waals surface area contributed by atoms with Gasteiger partial charge >= 0.3 is 221 Å². The van der Waals surface area contributed by atoms with E-state index in [-0.39, 0.29) is 6.09 Å². The van der Waals surface area contributed by atoms with E-state index in [4.69, 9.17) is 4.74 Å². The number of halogens is 1. The molecule has 0 saturated heterocycles. The molecule has 0 atom stereocenters. The first-order valence-electron chi connectivity index (χ1n) is 12.2. The summed E-state index contributed by atoms with van der Waals surface area (Å²) in [6, 6.07) is 33.3. The summed E-state index contributed by atoms with van der Waals surface area (Å²) in [6.07, 6.45) is 5.32. The van der Waals surface area contributed by atoms with E-state index >= 15 is 0 Å². The van der Waals surface area contributed by atoms with Gasteiger partial charge in [0, 0.05) is 0 Å². The Bertz CT molecular complexity index is 910. The number of carbonyl (C=O) groups is 1. The number of carbonyl (C=O) groups excluding carboxylic acids is 1. The minimum atomic E-state index is -2.14. The van der Waals surface area contributed by atoms with Gasteiger partial charge in [0.15, 0.2) is 0 Å². The Morgan fingerprint density at radius 2 is 1.15 bits per heavy atom. The van der Waals surface area contributed by atoms with Crippen LogP contribution in [0, 0.1) is 0 Å². The van der Waals surface area contributed by atoms with Gasteiger partial charge in [-0.1, -0.05) is 0 Å². The van der Waals surface area contributed by atoms with E-state index < -0.39 is 12.9 Å². The van der Waals surface area contributed by atoms with Gasteiger partial charge in [0.2, 0.25) is 0 Å². The first kappa shape index (κ1) is 26.7. The quantitative estimate of drug-likeness (QED) is 0.112. The third-order valence-corrected chi connectivity index (χ3v) is 12.0. The normalized spacial score (nSPS) is 12.2. The third kappa shape index (κ3) is 7.29. The van der Waals surface area contributed by atoms with Crippen LogP contribution in [-0.4, -0.2) is 27.5 Å². The van der Waals surface area contributed by atoms with Crippen LogP contribution in [0.25, 0.3) is 0 Å². The molecule has 0 aliphatic heterocycles. The van der Waals surface area contributed by atoms with Crippen LogP contribution in [0.15, 0.2) is 91.0 Å². The fourth-order valence-electron chi connectivity index (χ4n) is 4.50. The van der Waals surface area contributed by atoms with E-state index in [0.717, 1.165) is 19.3 Å². The van der Waals surface area contributed by atoms with Gasteiger partial charge in [-0.2, -0.15) is 0 Å². The predicted octanol–water partition coefficient (Wildman–Crippen LogP) is 6.86. The minimum absolute atomic E-state index is 0.253. The molecule has 1 amide bonds. The van der Waals surface area contributed by atoms with E-state index in [0.29, 0.717) is 6.54 Å². The van der Waals surface area contributed by atoms with Gasteiger partial charge in [-0.15, -0.1) is 0 Å². The number of ether oxygens (including phenoxy) is 1. The molecule has 3 aromatic rings. The number of benzene rings is 3. The van der Waals surface area contributed by atoms with Crippen LogP contribution in [0.1, 0.15) is 46.5 Å². The van der Waals surface area contributed by atoms with Crippen molar-refractivity contribution in [3.63, 3.8) is 0 Å². The summed E-state index contributed by atoms with van der Waals surface area (Å²) in [5.41, 5.74) is -0.458. The van der Waals surface area contributed by atoms with Crippen molar-refractivity contribution in [2.45, 2.75) is 52.1 Å². The average Bonchev–Trinajstić information content (AvgIpc) is 2.84. The molecule has 0 spiro atoms. The van der Waals surface area contributed by atoms with E-state index in [1.165, 1.54) is 28.5 Å². The zero-order valence-corrected chi connectivity index (χ0v) is 23.7. The first-order valence-corrected chi connectivity index (χ1v) is 15.3. The first-order chi connectivity index (χ1) is 16.3. The molecule has 3 nitrogen and oxygen atoms in total. The Kier molecular flexibility index (Phi) is 9.97. The van der Waals surface area contributed by atoms with E-state index in [9.17, 15) is 4.79 Å². The number of rotatable bonds is 10. The van der Waals surface area contributed by atoms with Gasteiger partial charge in [-0.25, -0.2) is 0 Å². The number of hydrogen-bond donors (Lipinski definition) is 0. The predicted molar refractivity (Wildman–Crippen MR) is 157 cm³/mol. The van der Waals surface area contributed by atoms with E-state index in [1.807, 2.05) is 20.8 Å². The molecule has 3 aromatic carbocycles. The Balaban J connectivity index is 1.70. The van der Waals surface area contributed by atoms with Crippen molar-refractivity contribution >= 4 is 52.1 Å². The second-order valence-corrected chi connectivity index (χ2v) is 14.9. The van der Waals surface area contributed by atoms with Gasteiger partial charge in [0.25, 0.3) is 0 Å². The van der Waals surface area contributed by atoms with Crippen molar-refractivity contribution < 1.29 is 9.53 Å². The van der Waals surface area contributed by atoms with Crippen molar-refractivity contribution in [3.8, 4) is 0 Å². The van der Waals surface area contributed by atoms with Crippen molar-refractivity contribution in [2.75, 3.05) is 12.7 Å². The second-order valence-electron chi connectivity index (χ2n) is 9.73. The monoisotopic (exact) mass is 589 g/mol. The van der Waals surface area contributed by atoms with Crippen LogP contribution < -0.4 is 15.9 Å². The zero-order chi connectivity index (χ0) is 24.4. The second kappa shape index (κ2) is 12.7. The standard InChI is InChI=1S/C29H37INO2P/c1-29(2,3)33-28(32)31(30)23-15-4-5-16-24-34(25-17-9-6-10-18-25,26-19-11-7-12-20-26)27-21-13-8-14-22-27/h6-14,17-22,34H,4-5,15-16,23-24H2,1-3H3. The molecule has 5 heteroatoms. The number of nitrogens with zero attached hydrogens (tertiary/aromatic N) is 1. The van der Waals surface area contributed by atoms with Gasteiger partial charge in [0.1, 0.15) is 0 Å². The molecule has 3 rings (SSSR count). The van der Waals surface area contributed by atoms with Crippen molar-refractivity contribution in [1.29, 1.82) is 0 Å². The summed E-state index contributed by atoms with van der Waals surface area (Å²) in [4.78, 5) is 12.2. The molecule has 0 aliphatic carbocycles. The fourth-order valence-corrected chi connectivity index (χ4v) is 9.87. The molecule has 0 heterocycles. The topological polar surface area (TPSA) is 29.5 Å². The van der Waals surface area contributed by atoms with Crippen LogP contribution >= 0.6 is 30.1 Å². The Morgan fingerprint density at radius 1 is 0.735 bits per heavy atom. The molecule has 0 unspecified atom stereocenters. The summed E-state index contributed by atoms with van der Waals surface area (Å²) >= 11 is 2.07. The fraction of sp³-hybridized carbons (Fsp3) is 0.345. The molecule has 0 radical (unpaired) electrons. The van der Waals surface area contributed by atoms with Crippen molar-refractivity contribution in [1.82, 2.24) is 3.11 Å². The van der Waals surface area contributed by atoms with Crippen molar-refractivity contribution in [3.05, 3.63) is 91.0 Å². The maximum absolute atomic E-state index is 12.2. The van der Waals surface area contributed by atoms with Gasteiger partial charge in [-0.05, 0) is 0 Å². The molecule has 0 aliphatic rings. The molecule has 0 aromatic heterocycles. The maximum atomic E-state index is 12.2. The molecular weight excluding hydrogens is 552 g/mol. The number of unbranched alkanes of at least 4 members (excludes halogenated alkanes) is 3. The molecule has 0 N–H and O–H groups in total. The molecule has 182 valence electrons. The van der Waals surface area contributed by atoms with E-state index in [2.05, 4.69) is 114 Å². The van der Waals surface area contributed by atoms with Crippen LogP contribution in [0.5, 0.6) is 0 Å². The SMILES string of the molecule is CC(C)(C)OC(=O)N(I)CCCCCC[PH](c1ccccc1)(c1ccccc1)c1ccccc1. The third-order valence-electron chi connectivity index (χ3n) is 6.05. The average molecular weight is 589 g/mol. The van der Waals surface area contributed by atoms with Gasteiger partial charge < -0.3 is 0 Å². The summed E-state index contributed by atoms with van der Waals surface area (Å²) in [6.45, 7) is 6.42. The summed E-state index contributed by atoms with van der Waals surface area (Å²) in [5, 5.41) is 4.40. The Hall–Kier alpha value is -1.91.